The third kappa shape index (κ3) is 9.90. The van der Waals surface area contributed by atoms with Gasteiger partial charge < -0.3 is 10.7 Å². The van der Waals surface area contributed by atoms with Crippen LogP contribution in [0, 0.1) is 11.8 Å². The van der Waals surface area contributed by atoms with Crippen LogP contribution in [0.1, 0.15) is 121 Å². The first kappa shape index (κ1) is 26.4. The van der Waals surface area contributed by atoms with Gasteiger partial charge in [0.05, 0.1) is 12.5 Å². The van der Waals surface area contributed by atoms with E-state index >= 15 is 0 Å². The number of carbonyl (C=O) groups is 1. The maximum Gasteiger partial charge on any atom is 0.180 e. The molecule has 0 radical (unpaired) electrons. The van der Waals surface area contributed by atoms with Gasteiger partial charge in [0.2, 0.25) is 0 Å². The molecule has 2 saturated carbocycles. The highest BCUT2D eigenvalue weighted by Crippen LogP contribution is 2.37. The molecule has 0 aromatic carbocycles. The number of nitrogens with one attached hydrogen (secondary N) is 1. The van der Waals surface area contributed by atoms with Gasteiger partial charge in [-0.2, -0.15) is 0 Å². The summed E-state index contributed by atoms with van der Waals surface area (Å²) >= 11 is 0. The van der Waals surface area contributed by atoms with Gasteiger partial charge in [-0.05, 0) is 31.1 Å². The topological polar surface area (TPSA) is 84.1 Å². The first-order chi connectivity index (χ1) is 14.3. The van der Waals surface area contributed by atoms with Crippen LogP contribution in [0.3, 0.4) is 0 Å². The second-order valence-corrected chi connectivity index (χ2v) is 9.87. The number of hydrogen-bond donors (Lipinski definition) is 2. The molecule has 0 atom stereocenters. The van der Waals surface area contributed by atoms with Crippen molar-refractivity contribution < 1.29 is 4.79 Å². The zero-order chi connectivity index (χ0) is 22.4. The molecule has 2 fully saturated rings. The lowest BCUT2D eigenvalue weighted by Gasteiger charge is -2.31. The quantitative estimate of drug-likeness (QED) is 0.328. The Hall–Kier alpha value is -1.65. The molecule has 1 aromatic rings. The SMILES string of the molecule is CC(C)C.CC1(c2ncc(C(=O)CCC3CCCCC3)[nH]2)CCCCC1.CN=CN. The molecule has 5 heteroatoms. The Morgan fingerprint density at radius 3 is 2.27 bits per heavy atom. The predicted molar refractivity (Wildman–Crippen MR) is 128 cm³/mol. The number of nitrogens with two attached hydrogens (primary N) is 1. The van der Waals surface area contributed by atoms with Crippen molar-refractivity contribution in [1.82, 2.24) is 9.97 Å². The third-order valence-electron chi connectivity index (χ3n) is 6.06. The van der Waals surface area contributed by atoms with E-state index in [2.05, 4.69) is 42.7 Å². The molecule has 2 aliphatic carbocycles. The molecule has 3 N–H and O–H groups in total. The van der Waals surface area contributed by atoms with E-state index in [-0.39, 0.29) is 11.2 Å². The smallest absolute Gasteiger partial charge is 0.180 e. The van der Waals surface area contributed by atoms with E-state index in [0.29, 0.717) is 6.42 Å². The third-order valence-corrected chi connectivity index (χ3v) is 6.06. The number of ketones is 1. The summed E-state index contributed by atoms with van der Waals surface area (Å²) in [6.45, 7) is 8.79. The molecule has 30 heavy (non-hydrogen) atoms. The summed E-state index contributed by atoms with van der Waals surface area (Å²) in [5.74, 6) is 2.90. The Bertz CT molecular complexity index is 602. The number of hydrogen-bond acceptors (Lipinski definition) is 3. The van der Waals surface area contributed by atoms with Crippen LogP contribution in [0.4, 0.5) is 0 Å². The fraction of sp³-hybridized carbons (Fsp3) is 0.800. The highest BCUT2D eigenvalue weighted by Gasteiger charge is 2.32. The summed E-state index contributed by atoms with van der Waals surface area (Å²) in [5, 5.41) is 0. The highest BCUT2D eigenvalue weighted by atomic mass is 16.1. The molecule has 0 unspecified atom stereocenters. The zero-order valence-electron chi connectivity index (χ0n) is 20.2. The molecule has 5 nitrogen and oxygen atoms in total. The lowest BCUT2D eigenvalue weighted by atomic mass is 9.75. The van der Waals surface area contributed by atoms with Crippen molar-refractivity contribution in [1.29, 1.82) is 0 Å². The van der Waals surface area contributed by atoms with Crippen molar-refractivity contribution in [2.45, 2.75) is 110 Å². The second kappa shape index (κ2) is 14.4. The minimum Gasteiger partial charge on any atom is -0.390 e. The van der Waals surface area contributed by atoms with Crippen LogP contribution in [0.2, 0.25) is 0 Å². The first-order valence-corrected chi connectivity index (χ1v) is 12.0. The van der Waals surface area contributed by atoms with Crippen LogP contribution in [0.15, 0.2) is 11.2 Å². The average Bonchev–Trinajstić information content (AvgIpc) is 3.24. The summed E-state index contributed by atoms with van der Waals surface area (Å²) in [5.41, 5.74) is 5.62. The van der Waals surface area contributed by atoms with E-state index in [0.717, 1.165) is 29.8 Å². The van der Waals surface area contributed by atoms with Crippen molar-refractivity contribution in [2.75, 3.05) is 7.05 Å². The van der Waals surface area contributed by atoms with Crippen LogP contribution in [0.5, 0.6) is 0 Å². The van der Waals surface area contributed by atoms with E-state index in [1.807, 2.05) is 0 Å². The van der Waals surface area contributed by atoms with E-state index in [1.165, 1.54) is 70.5 Å². The molecule has 3 rings (SSSR count). The van der Waals surface area contributed by atoms with Gasteiger partial charge >= 0.3 is 0 Å². The average molecular weight is 419 g/mol. The summed E-state index contributed by atoms with van der Waals surface area (Å²) in [7, 11) is 1.62. The molecule has 0 bridgehead atoms. The summed E-state index contributed by atoms with van der Waals surface area (Å²) in [4.78, 5) is 23.7. The van der Waals surface area contributed by atoms with E-state index < -0.39 is 0 Å². The minimum atomic E-state index is 0.153. The fourth-order valence-corrected chi connectivity index (χ4v) is 4.28. The van der Waals surface area contributed by atoms with Gasteiger partial charge in [0.15, 0.2) is 5.78 Å². The zero-order valence-corrected chi connectivity index (χ0v) is 20.2. The molecule has 172 valence electrons. The summed E-state index contributed by atoms with van der Waals surface area (Å²) in [6.07, 6.45) is 17.8. The normalized spacial score (nSPS) is 19.0. The van der Waals surface area contributed by atoms with Gasteiger partial charge in [0.25, 0.3) is 0 Å². The Morgan fingerprint density at radius 2 is 1.73 bits per heavy atom. The molecule has 0 aliphatic heterocycles. The lowest BCUT2D eigenvalue weighted by Crippen LogP contribution is -2.26. The van der Waals surface area contributed by atoms with Crippen molar-refractivity contribution in [3.05, 3.63) is 17.7 Å². The Morgan fingerprint density at radius 1 is 1.20 bits per heavy atom. The van der Waals surface area contributed by atoms with Gasteiger partial charge in [-0.25, -0.2) is 4.98 Å². The molecule has 1 heterocycles. The van der Waals surface area contributed by atoms with E-state index in [9.17, 15) is 4.79 Å². The molecule has 1 aromatic heterocycles. The van der Waals surface area contributed by atoms with Crippen LogP contribution in [0.25, 0.3) is 0 Å². The van der Waals surface area contributed by atoms with Gasteiger partial charge in [-0.3, -0.25) is 9.79 Å². The highest BCUT2D eigenvalue weighted by molar-refractivity contribution is 5.94. The molecular formula is C25H46N4O. The minimum absolute atomic E-state index is 0.153. The van der Waals surface area contributed by atoms with Crippen molar-refractivity contribution in [3.63, 3.8) is 0 Å². The van der Waals surface area contributed by atoms with Gasteiger partial charge in [0, 0.05) is 18.9 Å². The predicted octanol–water partition coefficient (Wildman–Crippen LogP) is 6.44. The molecule has 0 spiro atoms. The molecule has 0 saturated heterocycles. The fourth-order valence-electron chi connectivity index (χ4n) is 4.28. The van der Waals surface area contributed by atoms with Crippen molar-refractivity contribution in [3.8, 4) is 0 Å². The Kier molecular flexibility index (Phi) is 12.6. The number of nitrogens with zero attached hydrogens (tertiary/aromatic N) is 2. The lowest BCUT2D eigenvalue weighted by molar-refractivity contribution is 0.0965. The molecule has 0 amide bonds. The molecule has 2 aliphatic rings. The second-order valence-electron chi connectivity index (χ2n) is 9.87. The van der Waals surface area contributed by atoms with Crippen molar-refractivity contribution in [2.24, 2.45) is 22.6 Å². The number of aromatic amines is 1. The van der Waals surface area contributed by atoms with Gasteiger partial charge in [-0.15, -0.1) is 0 Å². The maximum atomic E-state index is 12.4. The monoisotopic (exact) mass is 418 g/mol. The Labute approximate surface area is 184 Å². The maximum absolute atomic E-state index is 12.4. The number of aromatic nitrogens is 2. The Balaban J connectivity index is 0.000000485. The first-order valence-electron chi connectivity index (χ1n) is 12.0. The summed E-state index contributed by atoms with van der Waals surface area (Å²) in [6, 6.07) is 0. The van der Waals surface area contributed by atoms with Crippen LogP contribution in [-0.4, -0.2) is 29.1 Å². The molecular weight excluding hydrogens is 372 g/mol. The van der Waals surface area contributed by atoms with E-state index in [4.69, 9.17) is 5.73 Å². The van der Waals surface area contributed by atoms with Gasteiger partial charge in [0.1, 0.15) is 11.5 Å². The van der Waals surface area contributed by atoms with Crippen molar-refractivity contribution >= 4 is 12.1 Å². The largest absolute Gasteiger partial charge is 0.390 e. The van der Waals surface area contributed by atoms with Gasteiger partial charge in [-0.1, -0.05) is 79.1 Å². The number of aliphatic imine (C=N–C) groups is 1. The van der Waals surface area contributed by atoms with E-state index in [1.54, 1.807) is 13.2 Å². The number of rotatable bonds is 5. The number of carbonyl (C=O) groups excluding carboxylic acids is 1. The standard InChI is InChI=1S/C19H30N2O.C4H10.C2H6N2/c1-19(12-6-3-7-13-19)18-20-14-16(21-18)17(22)11-10-15-8-4-2-5-9-15;1-4(2)3;1-4-2-3/h14-15H,2-13H2,1H3,(H,20,21);4H,1-3H3;2H,1H3,(H2,3,4). The number of imidazole rings is 1. The van der Waals surface area contributed by atoms with Crippen LogP contribution >= 0.6 is 0 Å². The number of H-pyrrole nitrogens is 1. The van der Waals surface area contributed by atoms with Crippen LogP contribution in [-0.2, 0) is 5.41 Å². The summed E-state index contributed by atoms with van der Waals surface area (Å²) < 4.78 is 0. The van der Waals surface area contributed by atoms with Crippen LogP contribution < -0.4 is 5.73 Å². The number of Topliss-reactive ketones (excluding diaryl/α,β-unsaturated/α-hetero) is 1.